The molecule has 118 valence electrons. The average Bonchev–Trinajstić information content (AvgIpc) is 3.07. The van der Waals surface area contributed by atoms with Crippen LogP contribution in [0.5, 0.6) is 0 Å². The Morgan fingerprint density at radius 3 is 2.86 bits per heavy atom. The average molecular weight is 290 g/mol. The molecule has 21 heavy (non-hydrogen) atoms. The largest absolute Gasteiger partial charge is 0.356 e. The highest BCUT2D eigenvalue weighted by atomic mass is 16.1. The molecule has 1 saturated carbocycles. The van der Waals surface area contributed by atoms with Gasteiger partial charge in [0.05, 0.1) is 0 Å². The third-order valence-corrected chi connectivity index (χ3v) is 5.60. The van der Waals surface area contributed by atoms with E-state index in [1.807, 2.05) is 13.8 Å². The van der Waals surface area contributed by atoms with Crippen molar-refractivity contribution in [3.05, 3.63) is 12.2 Å². The Hall–Kier alpha value is -0.830. The van der Waals surface area contributed by atoms with E-state index in [1.54, 1.807) is 0 Å². The van der Waals surface area contributed by atoms with Gasteiger partial charge < -0.3 is 10.2 Å². The summed E-state index contributed by atoms with van der Waals surface area (Å²) in [5.41, 5.74) is 0. The Morgan fingerprint density at radius 2 is 2.19 bits per heavy atom. The van der Waals surface area contributed by atoms with Crippen LogP contribution in [0.1, 0.15) is 39.5 Å². The number of nitrogens with one attached hydrogen (secondary N) is 1. The minimum Gasteiger partial charge on any atom is -0.356 e. The second-order valence-electron chi connectivity index (χ2n) is 7.71. The molecule has 3 nitrogen and oxygen atoms in total. The lowest BCUT2D eigenvalue weighted by molar-refractivity contribution is -0.124. The Kier molecular flexibility index (Phi) is 4.68. The lowest BCUT2D eigenvalue weighted by Crippen LogP contribution is -2.43. The number of piperidine rings is 1. The summed E-state index contributed by atoms with van der Waals surface area (Å²) in [4.78, 5) is 14.4. The maximum Gasteiger partial charge on any atom is 0.222 e. The number of carbonyl (C=O) groups excluding carboxylic acids is 1. The van der Waals surface area contributed by atoms with Crippen molar-refractivity contribution in [1.29, 1.82) is 0 Å². The summed E-state index contributed by atoms with van der Waals surface area (Å²) in [6.07, 6.45) is 10.3. The Bertz CT molecular complexity index is 404. The molecule has 3 heteroatoms. The SMILES string of the molecule is CC(C)C(=O)NCC1CCCN(CC2CC3C=CC2C3)C1. The predicted molar refractivity (Wildman–Crippen MR) is 85.9 cm³/mol. The molecule has 3 rings (SSSR count). The number of nitrogens with zero attached hydrogens (tertiary/aromatic N) is 1. The summed E-state index contributed by atoms with van der Waals surface area (Å²) < 4.78 is 0. The van der Waals surface area contributed by atoms with Gasteiger partial charge in [0.1, 0.15) is 0 Å². The summed E-state index contributed by atoms with van der Waals surface area (Å²) in [6.45, 7) is 8.50. The molecule has 3 aliphatic rings. The van der Waals surface area contributed by atoms with E-state index in [0.29, 0.717) is 5.92 Å². The third kappa shape index (κ3) is 3.68. The molecule has 1 aliphatic heterocycles. The van der Waals surface area contributed by atoms with Crippen LogP contribution in [0.2, 0.25) is 0 Å². The highest BCUT2D eigenvalue weighted by molar-refractivity contribution is 5.77. The zero-order valence-electron chi connectivity index (χ0n) is 13.6. The van der Waals surface area contributed by atoms with Crippen LogP contribution in [0, 0.1) is 29.6 Å². The summed E-state index contributed by atoms with van der Waals surface area (Å²) in [5.74, 6) is 3.58. The summed E-state index contributed by atoms with van der Waals surface area (Å²) in [6, 6.07) is 0. The van der Waals surface area contributed by atoms with Gasteiger partial charge in [-0.05, 0) is 55.9 Å². The first-order valence-electron chi connectivity index (χ1n) is 8.80. The summed E-state index contributed by atoms with van der Waals surface area (Å²) in [7, 11) is 0. The van der Waals surface area contributed by atoms with Crippen LogP contribution in [0.3, 0.4) is 0 Å². The molecule has 1 amide bonds. The zero-order chi connectivity index (χ0) is 14.8. The molecule has 2 bridgehead atoms. The fourth-order valence-electron chi connectivity index (χ4n) is 4.37. The van der Waals surface area contributed by atoms with Gasteiger partial charge >= 0.3 is 0 Å². The normalized spacial score (nSPS) is 35.6. The second-order valence-corrected chi connectivity index (χ2v) is 7.71. The zero-order valence-corrected chi connectivity index (χ0v) is 13.6. The number of carbonyl (C=O) groups is 1. The van der Waals surface area contributed by atoms with Crippen LogP contribution in [0.15, 0.2) is 12.2 Å². The van der Waals surface area contributed by atoms with Crippen LogP contribution in [-0.2, 0) is 4.79 Å². The van der Waals surface area contributed by atoms with Crippen molar-refractivity contribution in [3.8, 4) is 0 Å². The number of hydrogen-bond acceptors (Lipinski definition) is 2. The van der Waals surface area contributed by atoms with E-state index in [2.05, 4.69) is 22.4 Å². The smallest absolute Gasteiger partial charge is 0.222 e. The van der Waals surface area contributed by atoms with Gasteiger partial charge in [-0.25, -0.2) is 0 Å². The van der Waals surface area contributed by atoms with Gasteiger partial charge in [0.2, 0.25) is 5.91 Å². The molecular weight excluding hydrogens is 260 g/mol. The topological polar surface area (TPSA) is 32.3 Å². The fraction of sp³-hybridized carbons (Fsp3) is 0.833. The quantitative estimate of drug-likeness (QED) is 0.790. The van der Waals surface area contributed by atoms with Gasteiger partial charge in [0.25, 0.3) is 0 Å². The van der Waals surface area contributed by atoms with E-state index in [0.717, 1.165) is 24.3 Å². The van der Waals surface area contributed by atoms with Crippen LogP contribution in [0.25, 0.3) is 0 Å². The molecule has 4 unspecified atom stereocenters. The Labute approximate surface area is 129 Å². The molecule has 2 aliphatic carbocycles. The number of hydrogen-bond donors (Lipinski definition) is 1. The van der Waals surface area contributed by atoms with Gasteiger partial charge in [-0.3, -0.25) is 4.79 Å². The molecular formula is C18H30N2O. The van der Waals surface area contributed by atoms with Crippen molar-refractivity contribution in [2.24, 2.45) is 29.6 Å². The maximum absolute atomic E-state index is 11.7. The minimum atomic E-state index is 0.102. The van der Waals surface area contributed by atoms with Crippen molar-refractivity contribution in [2.75, 3.05) is 26.2 Å². The molecule has 0 aromatic heterocycles. The third-order valence-electron chi connectivity index (χ3n) is 5.60. The molecule has 1 N–H and O–H groups in total. The number of likely N-dealkylation sites (tertiary alicyclic amines) is 1. The van der Waals surface area contributed by atoms with Crippen molar-refractivity contribution < 1.29 is 4.79 Å². The molecule has 2 fully saturated rings. The first-order valence-corrected chi connectivity index (χ1v) is 8.80. The predicted octanol–water partition coefficient (Wildman–Crippen LogP) is 2.68. The van der Waals surface area contributed by atoms with Gasteiger partial charge in [0, 0.05) is 25.6 Å². The van der Waals surface area contributed by atoms with Gasteiger partial charge in [-0.2, -0.15) is 0 Å². The maximum atomic E-state index is 11.7. The Morgan fingerprint density at radius 1 is 1.33 bits per heavy atom. The highest BCUT2D eigenvalue weighted by Gasteiger charge is 2.36. The van der Waals surface area contributed by atoms with Crippen LogP contribution in [-0.4, -0.2) is 37.0 Å². The molecule has 1 saturated heterocycles. The van der Waals surface area contributed by atoms with E-state index >= 15 is 0 Å². The van der Waals surface area contributed by atoms with Crippen molar-refractivity contribution in [1.82, 2.24) is 10.2 Å². The number of amides is 1. The minimum absolute atomic E-state index is 0.102. The van der Waals surface area contributed by atoms with Gasteiger partial charge in [0.15, 0.2) is 0 Å². The number of fused-ring (bicyclic) bond motifs is 2. The summed E-state index contributed by atoms with van der Waals surface area (Å²) in [5, 5.41) is 3.12. The molecule has 0 spiro atoms. The second kappa shape index (κ2) is 6.51. The first-order chi connectivity index (χ1) is 10.1. The lowest BCUT2D eigenvalue weighted by atomic mass is 9.91. The fourth-order valence-corrected chi connectivity index (χ4v) is 4.37. The van der Waals surface area contributed by atoms with E-state index in [4.69, 9.17) is 0 Å². The first kappa shape index (κ1) is 15.1. The van der Waals surface area contributed by atoms with Gasteiger partial charge in [-0.15, -0.1) is 0 Å². The van der Waals surface area contributed by atoms with E-state index in [-0.39, 0.29) is 11.8 Å². The number of allylic oxidation sites excluding steroid dienone is 2. The molecule has 0 aromatic carbocycles. The summed E-state index contributed by atoms with van der Waals surface area (Å²) >= 11 is 0. The van der Waals surface area contributed by atoms with E-state index in [9.17, 15) is 4.79 Å². The van der Waals surface area contributed by atoms with Crippen molar-refractivity contribution >= 4 is 5.91 Å². The van der Waals surface area contributed by atoms with Crippen LogP contribution < -0.4 is 5.32 Å². The molecule has 1 heterocycles. The molecule has 0 radical (unpaired) electrons. The van der Waals surface area contributed by atoms with Crippen LogP contribution >= 0.6 is 0 Å². The highest BCUT2D eigenvalue weighted by Crippen LogP contribution is 2.43. The van der Waals surface area contributed by atoms with E-state index < -0.39 is 0 Å². The standard InChI is InChI=1S/C18H30N2O/c1-13(2)18(21)19-10-15-4-3-7-20(11-15)12-17-9-14-5-6-16(17)8-14/h5-6,13-17H,3-4,7-12H2,1-2H3,(H,19,21). The monoisotopic (exact) mass is 290 g/mol. The van der Waals surface area contributed by atoms with Gasteiger partial charge in [-0.1, -0.05) is 26.0 Å². The Balaban J connectivity index is 1.43. The lowest BCUT2D eigenvalue weighted by Gasteiger charge is -2.35. The van der Waals surface area contributed by atoms with Crippen molar-refractivity contribution in [2.45, 2.75) is 39.5 Å². The van der Waals surface area contributed by atoms with Crippen molar-refractivity contribution in [3.63, 3.8) is 0 Å². The molecule has 4 atom stereocenters. The van der Waals surface area contributed by atoms with Crippen LogP contribution in [0.4, 0.5) is 0 Å². The molecule has 0 aromatic rings. The van der Waals surface area contributed by atoms with E-state index in [1.165, 1.54) is 45.3 Å². The number of rotatable bonds is 5.